The molecule has 0 bridgehead atoms. The van der Waals surface area contributed by atoms with Crippen LogP contribution in [0.3, 0.4) is 0 Å². The van der Waals surface area contributed by atoms with Crippen molar-refractivity contribution in [3.8, 4) is 0 Å². The van der Waals surface area contributed by atoms with Crippen molar-refractivity contribution in [1.82, 2.24) is 24.5 Å². The maximum Gasteiger partial charge on any atom is 0.276 e. The van der Waals surface area contributed by atoms with Crippen LogP contribution in [0.4, 0.5) is 22.9 Å². The maximum atomic E-state index is 13.2. The van der Waals surface area contributed by atoms with Gasteiger partial charge in [0.25, 0.3) is 5.91 Å². The van der Waals surface area contributed by atoms with Crippen LogP contribution in [0.5, 0.6) is 0 Å². The molecule has 2 aliphatic rings. The molecule has 0 spiro atoms. The summed E-state index contributed by atoms with van der Waals surface area (Å²) in [5.74, 6) is 0.376. The molecule has 40 heavy (non-hydrogen) atoms. The fourth-order valence-corrected chi connectivity index (χ4v) is 5.26. The van der Waals surface area contributed by atoms with Crippen molar-refractivity contribution in [3.05, 3.63) is 72.3 Å². The van der Waals surface area contributed by atoms with Crippen LogP contribution in [0.15, 0.2) is 61.1 Å². The Hall–Kier alpha value is -4.06. The summed E-state index contributed by atoms with van der Waals surface area (Å²) >= 11 is 0. The second kappa shape index (κ2) is 12.0. The first-order valence-corrected chi connectivity index (χ1v) is 13.9. The Morgan fingerprint density at radius 1 is 1.00 bits per heavy atom. The van der Waals surface area contributed by atoms with E-state index in [2.05, 4.69) is 55.1 Å². The van der Waals surface area contributed by atoms with Crippen molar-refractivity contribution in [2.24, 2.45) is 5.73 Å². The highest BCUT2D eigenvalue weighted by molar-refractivity contribution is 6.03. The lowest BCUT2D eigenvalue weighted by molar-refractivity contribution is 0.0342. The molecule has 6 rings (SSSR count). The molecule has 11 heteroatoms. The predicted octanol–water partition coefficient (Wildman–Crippen LogP) is 3.63. The second-order valence-electron chi connectivity index (χ2n) is 10.5. The Labute approximate surface area is 233 Å². The number of rotatable bonds is 8. The van der Waals surface area contributed by atoms with E-state index >= 15 is 0 Å². The SMILES string of the molecule is N[C@H]1CC[C@H](Nc2cc(Nc3ccc(CN4CCOCC4)cc3)c3ncc(C(=O)Nc4ccncc4)n3n2)CC1. The first kappa shape index (κ1) is 26.2. The van der Waals surface area contributed by atoms with Crippen LogP contribution < -0.4 is 21.7 Å². The Kier molecular flexibility index (Phi) is 7.85. The summed E-state index contributed by atoms with van der Waals surface area (Å²) in [6.07, 6.45) is 8.74. The minimum absolute atomic E-state index is 0.258. The topological polar surface area (TPSA) is 135 Å². The normalized spacial score (nSPS) is 19.8. The number of hydrogen-bond donors (Lipinski definition) is 4. The van der Waals surface area contributed by atoms with E-state index in [-0.39, 0.29) is 18.0 Å². The maximum absolute atomic E-state index is 13.2. The zero-order valence-corrected chi connectivity index (χ0v) is 22.4. The third-order valence-electron chi connectivity index (χ3n) is 7.51. The van der Waals surface area contributed by atoms with Crippen LogP contribution in [0.2, 0.25) is 0 Å². The van der Waals surface area contributed by atoms with Gasteiger partial charge in [0, 0.05) is 61.6 Å². The van der Waals surface area contributed by atoms with E-state index in [0.717, 1.165) is 69.9 Å². The summed E-state index contributed by atoms with van der Waals surface area (Å²) in [7, 11) is 0. The predicted molar refractivity (Wildman–Crippen MR) is 155 cm³/mol. The van der Waals surface area contributed by atoms with E-state index in [1.807, 2.05) is 6.07 Å². The van der Waals surface area contributed by atoms with Crippen LogP contribution in [0, 0.1) is 0 Å². The molecule has 0 unspecified atom stereocenters. The third-order valence-corrected chi connectivity index (χ3v) is 7.51. The molecule has 3 aromatic heterocycles. The number of nitrogens with one attached hydrogen (secondary N) is 3. The minimum Gasteiger partial charge on any atom is -0.379 e. The van der Waals surface area contributed by atoms with Gasteiger partial charge in [0.1, 0.15) is 5.82 Å². The van der Waals surface area contributed by atoms with Gasteiger partial charge in [-0.25, -0.2) is 9.50 Å². The number of carbonyl (C=O) groups excluding carboxylic acids is 1. The molecule has 11 nitrogen and oxygen atoms in total. The van der Waals surface area contributed by atoms with Crippen LogP contribution in [0.25, 0.3) is 5.65 Å². The number of carbonyl (C=O) groups is 1. The van der Waals surface area contributed by atoms with Gasteiger partial charge < -0.3 is 26.4 Å². The zero-order chi connectivity index (χ0) is 27.3. The minimum atomic E-state index is -0.301. The summed E-state index contributed by atoms with van der Waals surface area (Å²) in [5.41, 5.74) is 10.6. The lowest BCUT2D eigenvalue weighted by Gasteiger charge is -2.27. The van der Waals surface area contributed by atoms with E-state index < -0.39 is 0 Å². The number of nitrogens with two attached hydrogens (primary N) is 1. The third kappa shape index (κ3) is 6.22. The molecule has 1 aliphatic heterocycles. The van der Waals surface area contributed by atoms with Crippen molar-refractivity contribution in [2.45, 2.75) is 44.3 Å². The number of morpholine rings is 1. The molecule has 208 valence electrons. The summed E-state index contributed by atoms with van der Waals surface area (Å²) in [6.45, 7) is 4.38. The molecule has 2 fully saturated rings. The molecule has 1 aliphatic carbocycles. The number of amides is 1. The smallest absolute Gasteiger partial charge is 0.276 e. The van der Waals surface area contributed by atoms with Crippen LogP contribution in [-0.4, -0.2) is 68.8 Å². The molecule has 4 aromatic rings. The van der Waals surface area contributed by atoms with Crippen LogP contribution >= 0.6 is 0 Å². The average Bonchev–Trinajstić information content (AvgIpc) is 3.41. The molecule has 4 heterocycles. The first-order chi connectivity index (χ1) is 19.6. The average molecular weight is 542 g/mol. The number of ether oxygens (including phenoxy) is 1. The van der Waals surface area contributed by atoms with E-state index in [1.165, 1.54) is 5.56 Å². The zero-order valence-electron chi connectivity index (χ0n) is 22.4. The van der Waals surface area contributed by atoms with Gasteiger partial charge in [-0.15, -0.1) is 5.10 Å². The van der Waals surface area contributed by atoms with E-state index in [4.69, 9.17) is 15.6 Å². The highest BCUT2D eigenvalue weighted by Crippen LogP contribution is 2.27. The molecule has 0 atom stereocenters. The summed E-state index contributed by atoms with van der Waals surface area (Å²) in [6, 6.07) is 14.4. The number of fused-ring (bicyclic) bond motifs is 1. The number of imidazole rings is 1. The highest BCUT2D eigenvalue weighted by atomic mass is 16.5. The molecular weight excluding hydrogens is 506 g/mol. The number of hydrogen-bond acceptors (Lipinski definition) is 9. The van der Waals surface area contributed by atoms with Gasteiger partial charge in [0.2, 0.25) is 0 Å². The van der Waals surface area contributed by atoms with Gasteiger partial charge >= 0.3 is 0 Å². The largest absolute Gasteiger partial charge is 0.379 e. The van der Waals surface area contributed by atoms with Crippen molar-refractivity contribution >= 4 is 34.4 Å². The van der Waals surface area contributed by atoms with E-state index in [1.54, 1.807) is 35.2 Å². The van der Waals surface area contributed by atoms with E-state index in [0.29, 0.717) is 22.8 Å². The Bertz CT molecular complexity index is 1430. The van der Waals surface area contributed by atoms with Crippen molar-refractivity contribution in [3.63, 3.8) is 0 Å². The number of aromatic nitrogens is 4. The highest BCUT2D eigenvalue weighted by Gasteiger charge is 2.21. The fraction of sp³-hybridized carbons (Fsp3) is 0.379. The number of anilines is 4. The lowest BCUT2D eigenvalue weighted by Crippen LogP contribution is -2.35. The molecule has 0 radical (unpaired) electrons. The number of nitrogens with zero attached hydrogens (tertiary/aromatic N) is 5. The Balaban J connectivity index is 1.26. The van der Waals surface area contributed by atoms with E-state index in [9.17, 15) is 4.79 Å². The molecule has 1 saturated heterocycles. The van der Waals surface area contributed by atoms with Gasteiger partial charge in [0.15, 0.2) is 11.3 Å². The summed E-state index contributed by atoms with van der Waals surface area (Å²) in [4.78, 5) is 24.2. The molecule has 5 N–H and O–H groups in total. The number of benzene rings is 1. The van der Waals surface area contributed by atoms with Crippen molar-refractivity contribution in [1.29, 1.82) is 0 Å². The second-order valence-corrected chi connectivity index (χ2v) is 10.5. The first-order valence-electron chi connectivity index (χ1n) is 13.9. The van der Waals surface area contributed by atoms with Gasteiger partial charge in [-0.05, 0) is 55.5 Å². The molecule has 1 aromatic carbocycles. The number of pyridine rings is 1. The quantitative estimate of drug-likeness (QED) is 0.264. The van der Waals surface area contributed by atoms with Crippen molar-refractivity contribution < 1.29 is 9.53 Å². The monoisotopic (exact) mass is 541 g/mol. The van der Waals surface area contributed by atoms with Crippen LogP contribution in [0.1, 0.15) is 41.7 Å². The van der Waals surface area contributed by atoms with Gasteiger partial charge in [-0.2, -0.15) is 0 Å². The standard InChI is InChI=1S/C29H35N9O2/c30-21-3-7-23(8-4-21)34-27-17-25(33-22-5-1-20(2-6-22)19-37-13-15-40-16-14-37)28-32-18-26(38(28)36-27)29(39)35-24-9-11-31-12-10-24/h1-2,5-6,9-12,17-18,21,23,33H,3-4,7-8,13-16,19,30H2,(H,34,36)(H,31,35,39)/t21-,23-. The summed E-state index contributed by atoms with van der Waals surface area (Å²) in [5, 5.41) is 14.8. The molecular formula is C29H35N9O2. The molecule has 1 amide bonds. The van der Waals surface area contributed by atoms with Crippen LogP contribution in [-0.2, 0) is 11.3 Å². The van der Waals surface area contributed by atoms with Gasteiger partial charge in [0.05, 0.1) is 25.1 Å². The van der Waals surface area contributed by atoms with Gasteiger partial charge in [-0.3, -0.25) is 14.7 Å². The lowest BCUT2D eigenvalue weighted by atomic mass is 9.92. The van der Waals surface area contributed by atoms with Gasteiger partial charge in [-0.1, -0.05) is 12.1 Å². The van der Waals surface area contributed by atoms with Crippen molar-refractivity contribution in [2.75, 3.05) is 42.3 Å². The Morgan fingerprint density at radius 3 is 2.50 bits per heavy atom. The summed E-state index contributed by atoms with van der Waals surface area (Å²) < 4.78 is 7.06. The Morgan fingerprint density at radius 2 is 1.75 bits per heavy atom. The molecule has 1 saturated carbocycles. The fourth-order valence-electron chi connectivity index (χ4n) is 5.26.